The standard InChI is InChI=1S/C13H24N2O2/c1-8-3-4-11(9(2)5-8)15-13(17)12-6-10(16)7-14-12/h8-12,14,16H,3-7H2,1-2H3,(H,15,17). The first-order valence-electron chi connectivity index (χ1n) is 6.78. The van der Waals surface area contributed by atoms with Gasteiger partial charge in [0.25, 0.3) is 0 Å². The second kappa shape index (κ2) is 5.36. The fourth-order valence-electron chi connectivity index (χ4n) is 3.08. The molecule has 2 fully saturated rings. The molecule has 3 N–H and O–H groups in total. The van der Waals surface area contributed by atoms with Crippen LogP contribution in [0.3, 0.4) is 0 Å². The van der Waals surface area contributed by atoms with E-state index in [2.05, 4.69) is 24.5 Å². The number of aliphatic hydroxyl groups is 1. The lowest BCUT2D eigenvalue weighted by Gasteiger charge is -2.33. The molecule has 0 spiro atoms. The summed E-state index contributed by atoms with van der Waals surface area (Å²) in [4.78, 5) is 12.0. The van der Waals surface area contributed by atoms with Gasteiger partial charge in [-0.1, -0.05) is 13.8 Å². The summed E-state index contributed by atoms with van der Waals surface area (Å²) in [5, 5.41) is 15.6. The van der Waals surface area contributed by atoms with Gasteiger partial charge in [0, 0.05) is 12.6 Å². The van der Waals surface area contributed by atoms with Crippen molar-refractivity contribution in [1.29, 1.82) is 0 Å². The Balaban J connectivity index is 1.82. The fourth-order valence-corrected chi connectivity index (χ4v) is 3.08. The summed E-state index contributed by atoms with van der Waals surface area (Å²) in [5.74, 6) is 1.41. The van der Waals surface area contributed by atoms with Crippen LogP contribution >= 0.6 is 0 Å². The van der Waals surface area contributed by atoms with Crippen molar-refractivity contribution in [1.82, 2.24) is 10.6 Å². The Morgan fingerprint density at radius 2 is 2.06 bits per heavy atom. The summed E-state index contributed by atoms with van der Waals surface area (Å²) in [6.07, 6.45) is 3.67. The molecule has 1 aliphatic carbocycles. The fraction of sp³-hybridized carbons (Fsp3) is 0.923. The van der Waals surface area contributed by atoms with E-state index < -0.39 is 0 Å². The van der Waals surface area contributed by atoms with Crippen LogP contribution in [0.4, 0.5) is 0 Å². The molecular formula is C13H24N2O2. The summed E-state index contributed by atoms with van der Waals surface area (Å²) in [6, 6.07) is 0.120. The molecule has 5 unspecified atom stereocenters. The van der Waals surface area contributed by atoms with E-state index in [0.29, 0.717) is 24.9 Å². The monoisotopic (exact) mass is 240 g/mol. The third-order valence-electron chi connectivity index (χ3n) is 4.18. The molecule has 1 saturated carbocycles. The number of carbonyl (C=O) groups excluding carboxylic acids is 1. The molecule has 0 aromatic carbocycles. The second-order valence-corrected chi connectivity index (χ2v) is 5.86. The highest BCUT2D eigenvalue weighted by Crippen LogP contribution is 2.28. The van der Waals surface area contributed by atoms with Gasteiger partial charge in [-0.15, -0.1) is 0 Å². The Morgan fingerprint density at radius 1 is 1.29 bits per heavy atom. The SMILES string of the molecule is CC1CCC(NC(=O)C2CC(O)CN2)C(C)C1. The third-order valence-corrected chi connectivity index (χ3v) is 4.18. The molecule has 1 heterocycles. The molecule has 0 aromatic rings. The van der Waals surface area contributed by atoms with E-state index >= 15 is 0 Å². The van der Waals surface area contributed by atoms with Crippen molar-refractivity contribution in [3.63, 3.8) is 0 Å². The normalized spacial score (nSPS) is 42.4. The molecule has 4 heteroatoms. The van der Waals surface area contributed by atoms with Gasteiger partial charge in [0.1, 0.15) is 0 Å². The number of rotatable bonds is 2. The number of hydrogen-bond acceptors (Lipinski definition) is 3. The number of β-amino-alcohol motifs (C(OH)–C–C–N with tert-alkyl or cyclic N) is 1. The Labute approximate surface area is 103 Å². The zero-order valence-electron chi connectivity index (χ0n) is 10.8. The Hall–Kier alpha value is -0.610. The summed E-state index contributed by atoms with van der Waals surface area (Å²) in [6.45, 7) is 5.04. The van der Waals surface area contributed by atoms with Crippen molar-refractivity contribution in [2.45, 2.75) is 57.7 Å². The van der Waals surface area contributed by atoms with E-state index in [9.17, 15) is 9.90 Å². The summed E-state index contributed by atoms with van der Waals surface area (Å²) in [7, 11) is 0. The van der Waals surface area contributed by atoms with Crippen molar-refractivity contribution in [3.8, 4) is 0 Å². The molecule has 1 aliphatic heterocycles. The Morgan fingerprint density at radius 3 is 2.65 bits per heavy atom. The average Bonchev–Trinajstić information content (AvgIpc) is 2.69. The van der Waals surface area contributed by atoms with Crippen molar-refractivity contribution < 1.29 is 9.90 Å². The molecule has 1 saturated heterocycles. The van der Waals surface area contributed by atoms with E-state index in [-0.39, 0.29) is 18.1 Å². The maximum Gasteiger partial charge on any atom is 0.237 e. The number of carbonyl (C=O) groups is 1. The van der Waals surface area contributed by atoms with Crippen LogP contribution in [0, 0.1) is 11.8 Å². The average molecular weight is 240 g/mol. The first kappa shape index (κ1) is 12.8. The van der Waals surface area contributed by atoms with Crippen LogP contribution in [-0.4, -0.2) is 35.7 Å². The van der Waals surface area contributed by atoms with E-state index in [0.717, 1.165) is 12.3 Å². The van der Waals surface area contributed by atoms with Crippen molar-refractivity contribution in [2.24, 2.45) is 11.8 Å². The van der Waals surface area contributed by atoms with Gasteiger partial charge in [-0.3, -0.25) is 4.79 Å². The van der Waals surface area contributed by atoms with Gasteiger partial charge in [0.2, 0.25) is 5.91 Å². The van der Waals surface area contributed by atoms with Crippen molar-refractivity contribution in [3.05, 3.63) is 0 Å². The molecule has 0 bridgehead atoms. The number of nitrogens with one attached hydrogen (secondary N) is 2. The van der Waals surface area contributed by atoms with Crippen LogP contribution in [0.1, 0.15) is 39.5 Å². The molecule has 4 nitrogen and oxygen atoms in total. The molecule has 0 aromatic heterocycles. The zero-order chi connectivity index (χ0) is 12.4. The molecule has 98 valence electrons. The van der Waals surface area contributed by atoms with Crippen molar-refractivity contribution >= 4 is 5.91 Å². The molecule has 2 rings (SSSR count). The molecule has 2 aliphatic rings. The van der Waals surface area contributed by atoms with Crippen LogP contribution < -0.4 is 10.6 Å². The zero-order valence-corrected chi connectivity index (χ0v) is 10.8. The lowest BCUT2D eigenvalue weighted by atomic mass is 9.80. The predicted molar refractivity (Wildman–Crippen MR) is 66.5 cm³/mol. The maximum atomic E-state index is 12.0. The van der Waals surface area contributed by atoms with E-state index in [1.54, 1.807) is 0 Å². The minimum absolute atomic E-state index is 0.0629. The first-order valence-corrected chi connectivity index (χ1v) is 6.78. The van der Waals surface area contributed by atoms with Gasteiger partial charge in [0.05, 0.1) is 12.1 Å². The van der Waals surface area contributed by atoms with E-state index in [4.69, 9.17) is 0 Å². The van der Waals surface area contributed by atoms with Gasteiger partial charge in [-0.05, 0) is 37.5 Å². The number of hydrogen-bond donors (Lipinski definition) is 3. The van der Waals surface area contributed by atoms with Gasteiger partial charge < -0.3 is 15.7 Å². The van der Waals surface area contributed by atoms with Crippen molar-refractivity contribution in [2.75, 3.05) is 6.54 Å². The number of aliphatic hydroxyl groups excluding tert-OH is 1. The lowest BCUT2D eigenvalue weighted by Crippen LogP contribution is -2.48. The second-order valence-electron chi connectivity index (χ2n) is 5.86. The Bertz CT molecular complexity index is 283. The summed E-state index contributed by atoms with van der Waals surface area (Å²) in [5.41, 5.74) is 0. The maximum absolute atomic E-state index is 12.0. The quantitative estimate of drug-likeness (QED) is 0.664. The third kappa shape index (κ3) is 3.19. The molecular weight excluding hydrogens is 216 g/mol. The summed E-state index contributed by atoms with van der Waals surface area (Å²) >= 11 is 0. The van der Waals surface area contributed by atoms with Crippen LogP contribution in [0.15, 0.2) is 0 Å². The van der Waals surface area contributed by atoms with Crippen LogP contribution in [0.5, 0.6) is 0 Å². The summed E-state index contributed by atoms with van der Waals surface area (Å²) < 4.78 is 0. The van der Waals surface area contributed by atoms with Crippen LogP contribution in [0.25, 0.3) is 0 Å². The topological polar surface area (TPSA) is 61.4 Å². The largest absolute Gasteiger partial charge is 0.392 e. The van der Waals surface area contributed by atoms with Gasteiger partial charge >= 0.3 is 0 Å². The highest BCUT2D eigenvalue weighted by atomic mass is 16.3. The highest BCUT2D eigenvalue weighted by Gasteiger charge is 2.32. The van der Waals surface area contributed by atoms with Crippen LogP contribution in [-0.2, 0) is 4.79 Å². The molecule has 0 radical (unpaired) electrons. The predicted octanol–water partition coefficient (Wildman–Crippen LogP) is 0.650. The van der Waals surface area contributed by atoms with Gasteiger partial charge in [-0.2, -0.15) is 0 Å². The number of amides is 1. The molecule has 17 heavy (non-hydrogen) atoms. The highest BCUT2D eigenvalue weighted by molar-refractivity contribution is 5.82. The molecule has 1 amide bonds. The molecule has 5 atom stereocenters. The smallest absolute Gasteiger partial charge is 0.237 e. The van der Waals surface area contributed by atoms with Gasteiger partial charge in [0.15, 0.2) is 0 Å². The van der Waals surface area contributed by atoms with E-state index in [1.807, 2.05) is 0 Å². The first-order chi connectivity index (χ1) is 8.06. The van der Waals surface area contributed by atoms with Gasteiger partial charge in [-0.25, -0.2) is 0 Å². The lowest BCUT2D eigenvalue weighted by molar-refractivity contribution is -0.124. The van der Waals surface area contributed by atoms with Crippen LogP contribution in [0.2, 0.25) is 0 Å². The van der Waals surface area contributed by atoms with E-state index in [1.165, 1.54) is 12.8 Å². The Kier molecular flexibility index (Phi) is 4.05. The minimum atomic E-state index is -0.366. The minimum Gasteiger partial charge on any atom is -0.392 e.